The Hall–Kier alpha value is -2.37. The molecule has 1 atom stereocenters. The summed E-state index contributed by atoms with van der Waals surface area (Å²) in [5.74, 6) is 0.602. The maximum absolute atomic E-state index is 12.2. The third kappa shape index (κ3) is 4.00. The predicted octanol–water partition coefficient (Wildman–Crippen LogP) is 3.64. The van der Waals surface area contributed by atoms with Gasteiger partial charge in [-0.15, -0.1) is 0 Å². The van der Waals surface area contributed by atoms with Gasteiger partial charge < -0.3 is 14.6 Å². The molecule has 0 bridgehead atoms. The lowest BCUT2D eigenvalue weighted by Crippen LogP contribution is -2.35. The number of carbonyl (C=O) groups excluding carboxylic acids is 1. The van der Waals surface area contributed by atoms with Gasteiger partial charge >= 0.3 is 0 Å². The molecule has 0 unspecified atom stereocenters. The maximum Gasteiger partial charge on any atom is 0.255 e. The standard InChI is InChI=1S/C19H26N4O2/c1-13(21-18(24)15-9-10-25-12-15)17-11-20-19(22-14(17)2)23(3)16-7-5-4-6-8-16/h9-13,16H,4-8H2,1-3H3,(H,21,24)/t13-/m0/s1. The van der Waals surface area contributed by atoms with E-state index in [1.165, 1.54) is 44.6 Å². The number of rotatable bonds is 5. The predicted molar refractivity (Wildman–Crippen MR) is 96.6 cm³/mol. The van der Waals surface area contributed by atoms with Gasteiger partial charge in [0, 0.05) is 30.5 Å². The van der Waals surface area contributed by atoms with E-state index in [-0.39, 0.29) is 11.9 Å². The van der Waals surface area contributed by atoms with Gasteiger partial charge in [0.1, 0.15) is 6.26 Å². The van der Waals surface area contributed by atoms with E-state index in [0.717, 1.165) is 17.2 Å². The second-order valence-corrected chi connectivity index (χ2v) is 6.82. The highest BCUT2D eigenvalue weighted by Gasteiger charge is 2.21. The number of nitrogens with one attached hydrogen (secondary N) is 1. The molecule has 6 heteroatoms. The van der Waals surface area contributed by atoms with Crippen molar-refractivity contribution in [1.29, 1.82) is 0 Å². The Labute approximate surface area is 148 Å². The number of carbonyl (C=O) groups is 1. The Morgan fingerprint density at radius 1 is 1.36 bits per heavy atom. The average molecular weight is 342 g/mol. The van der Waals surface area contributed by atoms with Gasteiger partial charge in [0.2, 0.25) is 5.95 Å². The fourth-order valence-electron chi connectivity index (χ4n) is 3.44. The molecule has 1 fully saturated rings. The van der Waals surface area contributed by atoms with Crippen LogP contribution in [0.15, 0.2) is 29.2 Å². The molecule has 0 saturated heterocycles. The minimum absolute atomic E-state index is 0.163. The topological polar surface area (TPSA) is 71.3 Å². The molecule has 1 amide bonds. The fraction of sp³-hybridized carbons (Fsp3) is 0.526. The molecule has 3 rings (SSSR count). The summed E-state index contributed by atoms with van der Waals surface area (Å²) >= 11 is 0. The largest absolute Gasteiger partial charge is 0.472 e. The van der Waals surface area contributed by atoms with Crippen molar-refractivity contribution in [2.24, 2.45) is 0 Å². The highest BCUT2D eigenvalue weighted by Crippen LogP contribution is 2.25. The number of aryl methyl sites for hydroxylation is 1. The Bertz CT molecular complexity index is 708. The van der Waals surface area contributed by atoms with E-state index < -0.39 is 0 Å². The summed E-state index contributed by atoms with van der Waals surface area (Å²) in [6.07, 6.45) is 11.1. The third-order valence-corrected chi connectivity index (χ3v) is 5.04. The van der Waals surface area contributed by atoms with Gasteiger partial charge in [-0.2, -0.15) is 0 Å². The van der Waals surface area contributed by atoms with Crippen LogP contribution in [-0.2, 0) is 0 Å². The quantitative estimate of drug-likeness (QED) is 0.898. The Morgan fingerprint density at radius 3 is 2.76 bits per heavy atom. The number of amides is 1. The molecule has 2 heterocycles. The van der Waals surface area contributed by atoms with Crippen molar-refractivity contribution < 1.29 is 9.21 Å². The summed E-state index contributed by atoms with van der Waals surface area (Å²) in [7, 11) is 2.08. The Balaban J connectivity index is 1.69. The van der Waals surface area contributed by atoms with Crippen molar-refractivity contribution in [1.82, 2.24) is 15.3 Å². The van der Waals surface area contributed by atoms with Crippen LogP contribution in [0.3, 0.4) is 0 Å². The summed E-state index contributed by atoms with van der Waals surface area (Å²) < 4.78 is 4.96. The van der Waals surface area contributed by atoms with Crippen molar-refractivity contribution >= 4 is 11.9 Å². The minimum Gasteiger partial charge on any atom is -0.472 e. The second-order valence-electron chi connectivity index (χ2n) is 6.82. The number of furan rings is 1. The van der Waals surface area contributed by atoms with Crippen molar-refractivity contribution in [3.05, 3.63) is 41.6 Å². The zero-order valence-corrected chi connectivity index (χ0v) is 15.2. The van der Waals surface area contributed by atoms with E-state index in [1.807, 2.05) is 20.0 Å². The first kappa shape index (κ1) is 17.5. The molecule has 1 N–H and O–H groups in total. The molecule has 134 valence electrons. The zero-order valence-electron chi connectivity index (χ0n) is 15.2. The van der Waals surface area contributed by atoms with Crippen LogP contribution in [0.25, 0.3) is 0 Å². The molecular formula is C19H26N4O2. The average Bonchev–Trinajstić information content (AvgIpc) is 3.16. The molecule has 2 aromatic heterocycles. The molecule has 0 aliphatic heterocycles. The van der Waals surface area contributed by atoms with Crippen LogP contribution in [0.4, 0.5) is 5.95 Å². The van der Waals surface area contributed by atoms with Crippen LogP contribution < -0.4 is 10.2 Å². The first-order chi connectivity index (χ1) is 12.1. The summed E-state index contributed by atoms with van der Waals surface area (Å²) in [6, 6.07) is 2.00. The summed E-state index contributed by atoms with van der Waals surface area (Å²) in [5.41, 5.74) is 2.34. The summed E-state index contributed by atoms with van der Waals surface area (Å²) in [4.78, 5) is 23.6. The van der Waals surface area contributed by atoms with Crippen LogP contribution in [-0.4, -0.2) is 29.0 Å². The van der Waals surface area contributed by atoms with Gasteiger partial charge in [-0.05, 0) is 32.8 Å². The van der Waals surface area contributed by atoms with Crippen molar-refractivity contribution in [3.8, 4) is 0 Å². The molecule has 1 aliphatic rings. The first-order valence-electron chi connectivity index (χ1n) is 8.95. The van der Waals surface area contributed by atoms with Crippen molar-refractivity contribution in [2.45, 2.75) is 58.0 Å². The molecule has 25 heavy (non-hydrogen) atoms. The molecule has 0 aromatic carbocycles. The molecule has 0 spiro atoms. The highest BCUT2D eigenvalue weighted by molar-refractivity contribution is 5.94. The lowest BCUT2D eigenvalue weighted by molar-refractivity contribution is 0.0939. The van der Waals surface area contributed by atoms with Crippen LogP contribution in [0.1, 0.15) is 66.7 Å². The Kier molecular flexibility index (Phi) is 5.36. The third-order valence-electron chi connectivity index (χ3n) is 5.04. The van der Waals surface area contributed by atoms with Crippen LogP contribution in [0.5, 0.6) is 0 Å². The van der Waals surface area contributed by atoms with Gasteiger partial charge in [-0.1, -0.05) is 19.3 Å². The molecule has 1 saturated carbocycles. The molecule has 2 aromatic rings. The van der Waals surface area contributed by atoms with E-state index in [0.29, 0.717) is 11.6 Å². The van der Waals surface area contributed by atoms with Crippen LogP contribution >= 0.6 is 0 Å². The fourth-order valence-corrected chi connectivity index (χ4v) is 3.44. The summed E-state index contributed by atoms with van der Waals surface area (Å²) in [5, 5.41) is 2.96. The molecule has 1 aliphatic carbocycles. The summed E-state index contributed by atoms with van der Waals surface area (Å²) in [6.45, 7) is 3.91. The first-order valence-corrected chi connectivity index (χ1v) is 8.95. The van der Waals surface area contributed by atoms with E-state index in [1.54, 1.807) is 6.07 Å². The second kappa shape index (κ2) is 7.68. The maximum atomic E-state index is 12.2. The van der Waals surface area contributed by atoms with Crippen molar-refractivity contribution in [2.75, 3.05) is 11.9 Å². The van der Waals surface area contributed by atoms with Gasteiger partial charge in [-0.3, -0.25) is 4.79 Å². The molecular weight excluding hydrogens is 316 g/mol. The Morgan fingerprint density at radius 2 is 2.12 bits per heavy atom. The number of hydrogen-bond acceptors (Lipinski definition) is 5. The van der Waals surface area contributed by atoms with Crippen LogP contribution in [0.2, 0.25) is 0 Å². The smallest absolute Gasteiger partial charge is 0.255 e. The van der Waals surface area contributed by atoms with E-state index in [9.17, 15) is 4.79 Å². The number of nitrogens with zero attached hydrogens (tertiary/aromatic N) is 3. The SMILES string of the molecule is Cc1nc(N(C)C2CCCCC2)ncc1[C@H](C)NC(=O)c1ccoc1. The zero-order chi connectivity index (χ0) is 17.8. The lowest BCUT2D eigenvalue weighted by atomic mass is 9.95. The monoisotopic (exact) mass is 342 g/mol. The van der Waals surface area contributed by atoms with Gasteiger partial charge in [0.15, 0.2) is 0 Å². The van der Waals surface area contributed by atoms with E-state index in [4.69, 9.17) is 4.42 Å². The molecule has 6 nitrogen and oxygen atoms in total. The minimum atomic E-state index is -0.170. The van der Waals surface area contributed by atoms with Gasteiger partial charge in [0.05, 0.1) is 17.9 Å². The number of aromatic nitrogens is 2. The van der Waals surface area contributed by atoms with E-state index >= 15 is 0 Å². The lowest BCUT2D eigenvalue weighted by Gasteiger charge is -2.31. The van der Waals surface area contributed by atoms with E-state index in [2.05, 4.69) is 27.2 Å². The van der Waals surface area contributed by atoms with Gasteiger partial charge in [0.25, 0.3) is 5.91 Å². The van der Waals surface area contributed by atoms with Crippen molar-refractivity contribution in [3.63, 3.8) is 0 Å². The normalized spacial score (nSPS) is 16.4. The van der Waals surface area contributed by atoms with Gasteiger partial charge in [-0.25, -0.2) is 9.97 Å². The number of hydrogen-bond donors (Lipinski definition) is 1. The highest BCUT2D eigenvalue weighted by atomic mass is 16.3. The molecule has 0 radical (unpaired) electrons. The number of anilines is 1. The van der Waals surface area contributed by atoms with Crippen LogP contribution in [0, 0.1) is 6.92 Å².